The van der Waals surface area contributed by atoms with E-state index in [0.717, 1.165) is 0 Å². The molecular weight excluding hydrogens is 130 g/mol. The molecule has 0 heterocycles. The molecule has 58 valence electrons. The Morgan fingerprint density at radius 1 is 1.50 bits per heavy atom. The molecule has 0 saturated heterocycles. The molecule has 0 aliphatic carbocycles. The van der Waals surface area contributed by atoms with Crippen molar-refractivity contribution in [1.29, 1.82) is 5.26 Å². The van der Waals surface area contributed by atoms with Gasteiger partial charge >= 0.3 is 0 Å². The molecule has 4 heteroatoms. The summed E-state index contributed by atoms with van der Waals surface area (Å²) < 4.78 is 0. The number of aliphatic hydroxyl groups is 1. The Bertz CT molecular complexity index is 104. The van der Waals surface area contributed by atoms with Crippen molar-refractivity contribution in [3.8, 4) is 6.07 Å². The van der Waals surface area contributed by atoms with Gasteiger partial charge in [0.05, 0.1) is 19.2 Å². The molecule has 0 aliphatic heterocycles. The Kier molecular flexibility index (Phi) is 6.08. The Morgan fingerprint density at radius 3 is 2.60 bits per heavy atom. The second-order valence-electron chi connectivity index (χ2n) is 1.95. The van der Waals surface area contributed by atoms with Crippen LogP contribution in [-0.2, 0) is 0 Å². The second kappa shape index (κ2) is 6.49. The van der Waals surface area contributed by atoms with Crippen molar-refractivity contribution < 1.29 is 5.11 Å². The van der Waals surface area contributed by atoms with E-state index in [1.54, 1.807) is 4.90 Å². The standard InChI is InChI=1S/C6H13N3O/c7-1-3-9(4-2-8)5-6-10/h10H,1,3-7H2. The summed E-state index contributed by atoms with van der Waals surface area (Å²) in [6.07, 6.45) is 0. The van der Waals surface area contributed by atoms with E-state index in [1.807, 2.05) is 6.07 Å². The van der Waals surface area contributed by atoms with E-state index in [1.165, 1.54) is 0 Å². The number of hydrogen-bond donors (Lipinski definition) is 2. The Hall–Kier alpha value is -0.630. The first-order valence-corrected chi connectivity index (χ1v) is 3.25. The van der Waals surface area contributed by atoms with Gasteiger partial charge in [-0.25, -0.2) is 0 Å². The van der Waals surface area contributed by atoms with E-state index in [2.05, 4.69) is 0 Å². The van der Waals surface area contributed by atoms with Gasteiger partial charge in [0, 0.05) is 19.6 Å². The van der Waals surface area contributed by atoms with Crippen LogP contribution in [0.15, 0.2) is 0 Å². The fraction of sp³-hybridized carbons (Fsp3) is 0.833. The quantitative estimate of drug-likeness (QED) is 0.472. The second-order valence-corrected chi connectivity index (χ2v) is 1.95. The molecule has 0 aromatic carbocycles. The highest BCUT2D eigenvalue weighted by atomic mass is 16.3. The smallest absolute Gasteiger partial charge is 0.0867 e. The predicted octanol–water partition coefficient (Wildman–Crippen LogP) is -1.24. The van der Waals surface area contributed by atoms with E-state index in [9.17, 15) is 0 Å². The van der Waals surface area contributed by atoms with Crippen molar-refractivity contribution in [2.24, 2.45) is 5.73 Å². The zero-order valence-electron chi connectivity index (χ0n) is 5.95. The zero-order chi connectivity index (χ0) is 7.82. The average Bonchev–Trinajstić information content (AvgIpc) is 1.90. The minimum atomic E-state index is 0.0850. The van der Waals surface area contributed by atoms with Crippen LogP contribution in [0.2, 0.25) is 0 Å². The maximum absolute atomic E-state index is 8.50. The molecule has 0 atom stereocenters. The lowest BCUT2D eigenvalue weighted by molar-refractivity contribution is 0.213. The summed E-state index contributed by atoms with van der Waals surface area (Å²) in [5.74, 6) is 0. The predicted molar refractivity (Wildman–Crippen MR) is 38.2 cm³/mol. The molecule has 0 spiro atoms. The van der Waals surface area contributed by atoms with Crippen molar-refractivity contribution in [1.82, 2.24) is 4.90 Å². The van der Waals surface area contributed by atoms with E-state index in [4.69, 9.17) is 16.1 Å². The highest BCUT2D eigenvalue weighted by molar-refractivity contribution is 4.76. The van der Waals surface area contributed by atoms with Gasteiger partial charge in [-0.15, -0.1) is 0 Å². The Labute approximate surface area is 60.9 Å². The summed E-state index contributed by atoms with van der Waals surface area (Å²) in [5.41, 5.74) is 5.26. The minimum absolute atomic E-state index is 0.0850. The summed E-state index contributed by atoms with van der Waals surface area (Å²) in [6, 6.07) is 2.00. The molecule has 0 rings (SSSR count). The molecule has 0 unspecified atom stereocenters. The number of rotatable bonds is 5. The van der Waals surface area contributed by atoms with Crippen LogP contribution in [0.4, 0.5) is 0 Å². The summed E-state index contributed by atoms with van der Waals surface area (Å²) in [6.45, 7) is 2.17. The van der Waals surface area contributed by atoms with Crippen LogP contribution >= 0.6 is 0 Å². The van der Waals surface area contributed by atoms with Gasteiger partial charge in [0.15, 0.2) is 0 Å². The van der Waals surface area contributed by atoms with Crippen LogP contribution in [-0.4, -0.2) is 42.8 Å². The van der Waals surface area contributed by atoms with Crippen LogP contribution < -0.4 is 5.73 Å². The fourth-order valence-corrected chi connectivity index (χ4v) is 0.694. The largest absolute Gasteiger partial charge is 0.395 e. The van der Waals surface area contributed by atoms with E-state index >= 15 is 0 Å². The van der Waals surface area contributed by atoms with Gasteiger partial charge in [-0.05, 0) is 0 Å². The molecule has 0 aromatic rings. The van der Waals surface area contributed by atoms with Crippen LogP contribution in [0.25, 0.3) is 0 Å². The van der Waals surface area contributed by atoms with Crippen LogP contribution in [0.3, 0.4) is 0 Å². The first-order chi connectivity index (χ1) is 4.85. The highest BCUT2D eigenvalue weighted by Crippen LogP contribution is 1.82. The third kappa shape index (κ3) is 4.27. The zero-order valence-corrected chi connectivity index (χ0v) is 5.95. The molecule has 4 nitrogen and oxygen atoms in total. The summed E-state index contributed by atoms with van der Waals surface area (Å²) in [4.78, 5) is 1.81. The van der Waals surface area contributed by atoms with Crippen molar-refractivity contribution in [2.45, 2.75) is 0 Å². The normalized spacial score (nSPS) is 9.80. The molecule has 0 saturated carbocycles. The monoisotopic (exact) mass is 143 g/mol. The lowest BCUT2D eigenvalue weighted by Gasteiger charge is -2.15. The lowest BCUT2D eigenvalue weighted by Crippen LogP contribution is -2.32. The van der Waals surface area contributed by atoms with E-state index < -0.39 is 0 Å². The lowest BCUT2D eigenvalue weighted by atomic mass is 10.4. The van der Waals surface area contributed by atoms with Gasteiger partial charge in [-0.3, -0.25) is 4.90 Å². The highest BCUT2D eigenvalue weighted by Gasteiger charge is 1.99. The molecular formula is C6H13N3O. The van der Waals surface area contributed by atoms with E-state index in [0.29, 0.717) is 26.2 Å². The average molecular weight is 143 g/mol. The topological polar surface area (TPSA) is 73.3 Å². The van der Waals surface area contributed by atoms with Crippen molar-refractivity contribution in [3.63, 3.8) is 0 Å². The van der Waals surface area contributed by atoms with Gasteiger partial charge in [0.25, 0.3) is 0 Å². The Morgan fingerprint density at radius 2 is 2.20 bits per heavy atom. The summed E-state index contributed by atoms with van der Waals surface area (Å²) in [5, 5.41) is 16.8. The minimum Gasteiger partial charge on any atom is -0.395 e. The van der Waals surface area contributed by atoms with Gasteiger partial charge in [-0.2, -0.15) is 5.26 Å². The van der Waals surface area contributed by atoms with Crippen molar-refractivity contribution in [2.75, 3.05) is 32.8 Å². The SMILES string of the molecule is N#CCN(CCN)CCO. The Balaban J connectivity index is 3.42. The number of nitriles is 1. The molecule has 0 aromatic heterocycles. The summed E-state index contributed by atoms with van der Waals surface area (Å²) >= 11 is 0. The van der Waals surface area contributed by atoms with Crippen LogP contribution in [0, 0.1) is 11.3 Å². The summed E-state index contributed by atoms with van der Waals surface area (Å²) in [7, 11) is 0. The van der Waals surface area contributed by atoms with Gasteiger partial charge < -0.3 is 10.8 Å². The molecule has 0 fully saturated rings. The van der Waals surface area contributed by atoms with Crippen LogP contribution in [0.1, 0.15) is 0 Å². The van der Waals surface area contributed by atoms with Gasteiger partial charge in [-0.1, -0.05) is 0 Å². The third-order valence-corrected chi connectivity index (χ3v) is 1.16. The van der Waals surface area contributed by atoms with Gasteiger partial charge in [0.2, 0.25) is 0 Å². The number of hydrogen-bond acceptors (Lipinski definition) is 4. The first kappa shape index (κ1) is 9.37. The third-order valence-electron chi connectivity index (χ3n) is 1.16. The molecule has 0 radical (unpaired) electrons. The number of nitrogens with two attached hydrogens (primary N) is 1. The molecule has 0 amide bonds. The molecule has 3 N–H and O–H groups in total. The van der Waals surface area contributed by atoms with Crippen molar-refractivity contribution in [3.05, 3.63) is 0 Å². The molecule has 0 bridgehead atoms. The van der Waals surface area contributed by atoms with Crippen LogP contribution in [0.5, 0.6) is 0 Å². The number of nitrogens with zero attached hydrogens (tertiary/aromatic N) is 2. The molecule has 10 heavy (non-hydrogen) atoms. The maximum atomic E-state index is 8.50. The maximum Gasteiger partial charge on any atom is 0.0867 e. The molecule has 0 aliphatic rings. The number of aliphatic hydroxyl groups excluding tert-OH is 1. The van der Waals surface area contributed by atoms with Crippen molar-refractivity contribution >= 4 is 0 Å². The first-order valence-electron chi connectivity index (χ1n) is 3.25. The fourth-order valence-electron chi connectivity index (χ4n) is 0.694. The van der Waals surface area contributed by atoms with E-state index in [-0.39, 0.29) is 6.61 Å². The van der Waals surface area contributed by atoms with Gasteiger partial charge in [0.1, 0.15) is 0 Å².